The fourth-order valence-corrected chi connectivity index (χ4v) is 2.57. The second-order valence-electron chi connectivity index (χ2n) is 5.47. The van der Waals surface area contributed by atoms with Gasteiger partial charge in [-0.3, -0.25) is 0 Å². The molecular formula is C20H21NO6. The number of ether oxygens (including phenoxy) is 4. The van der Waals surface area contributed by atoms with Crippen molar-refractivity contribution in [1.29, 1.82) is 0 Å². The zero-order chi connectivity index (χ0) is 19.2. The number of aromatic nitrogens is 1. The van der Waals surface area contributed by atoms with E-state index in [0.29, 0.717) is 59.5 Å². The second kappa shape index (κ2) is 8.44. The van der Waals surface area contributed by atoms with Gasteiger partial charge >= 0.3 is 5.97 Å². The molecule has 0 radical (unpaired) electrons. The van der Waals surface area contributed by atoms with E-state index in [0.717, 1.165) is 0 Å². The maximum atomic E-state index is 12.7. The lowest BCUT2D eigenvalue weighted by atomic mass is 10.1. The van der Waals surface area contributed by atoms with Crippen LogP contribution in [0.3, 0.4) is 0 Å². The molecule has 1 heterocycles. The van der Waals surface area contributed by atoms with Gasteiger partial charge in [0.05, 0.1) is 25.4 Å². The SMILES string of the molecule is CCOc1cc(C(=O)Oc2ccc3ocnc3c2)cc(OCC)c1OCC. The summed E-state index contributed by atoms with van der Waals surface area (Å²) >= 11 is 0. The summed E-state index contributed by atoms with van der Waals surface area (Å²) in [4.78, 5) is 16.7. The van der Waals surface area contributed by atoms with Gasteiger partial charge in [-0.15, -0.1) is 0 Å². The van der Waals surface area contributed by atoms with Crippen molar-refractivity contribution < 1.29 is 28.2 Å². The summed E-state index contributed by atoms with van der Waals surface area (Å²) < 4.78 is 27.6. The quantitative estimate of drug-likeness (QED) is 0.433. The monoisotopic (exact) mass is 371 g/mol. The number of esters is 1. The molecule has 0 bridgehead atoms. The normalized spacial score (nSPS) is 10.6. The number of oxazole rings is 1. The number of nitrogens with zero attached hydrogens (tertiary/aromatic N) is 1. The standard InChI is InChI=1S/C20H21NO6/c1-4-23-17-9-13(10-18(24-5-2)19(17)25-6-3)20(22)27-14-7-8-16-15(11-14)21-12-26-16/h7-12H,4-6H2,1-3H3. The third-order valence-electron chi connectivity index (χ3n) is 3.66. The van der Waals surface area contributed by atoms with E-state index in [1.807, 2.05) is 20.8 Å². The minimum atomic E-state index is -0.539. The largest absolute Gasteiger partial charge is 0.490 e. The van der Waals surface area contributed by atoms with Crippen LogP contribution in [0.2, 0.25) is 0 Å². The van der Waals surface area contributed by atoms with E-state index in [4.69, 9.17) is 23.4 Å². The molecule has 0 N–H and O–H groups in total. The van der Waals surface area contributed by atoms with E-state index in [1.165, 1.54) is 6.39 Å². The van der Waals surface area contributed by atoms with Gasteiger partial charge in [0.2, 0.25) is 5.75 Å². The molecule has 3 rings (SSSR count). The van der Waals surface area contributed by atoms with Crippen LogP contribution in [0.4, 0.5) is 0 Å². The Morgan fingerprint density at radius 1 is 0.963 bits per heavy atom. The zero-order valence-corrected chi connectivity index (χ0v) is 15.5. The van der Waals surface area contributed by atoms with Crippen molar-refractivity contribution in [3.8, 4) is 23.0 Å². The van der Waals surface area contributed by atoms with E-state index in [2.05, 4.69) is 4.98 Å². The number of benzene rings is 2. The van der Waals surface area contributed by atoms with Crippen molar-refractivity contribution in [3.63, 3.8) is 0 Å². The van der Waals surface area contributed by atoms with Gasteiger partial charge in [0, 0.05) is 6.07 Å². The van der Waals surface area contributed by atoms with E-state index in [-0.39, 0.29) is 0 Å². The summed E-state index contributed by atoms with van der Waals surface area (Å²) in [6.07, 6.45) is 1.34. The molecule has 1 aromatic heterocycles. The third-order valence-corrected chi connectivity index (χ3v) is 3.66. The summed E-state index contributed by atoms with van der Waals surface area (Å²) in [5.74, 6) is 1.17. The van der Waals surface area contributed by atoms with E-state index in [9.17, 15) is 4.79 Å². The maximum absolute atomic E-state index is 12.7. The summed E-state index contributed by atoms with van der Waals surface area (Å²) in [5.41, 5.74) is 1.52. The summed E-state index contributed by atoms with van der Waals surface area (Å²) in [6, 6.07) is 8.16. The lowest BCUT2D eigenvalue weighted by Gasteiger charge is -2.16. The van der Waals surface area contributed by atoms with Crippen LogP contribution in [0.1, 0.15) is 31.1 Å². The van der Waals surface area contributed by atoms with Crippen LogP contribution >= 0.6 is 0 Å². The highest BCUT2D eigenvalue weighted by molar-refractivity contribution is 5.93. The summed E-state index contributed by atoms with van der Waals surface area (Å²) in [6.45, 7) is 6.87. The molecule has 0 amide bonds. The van der Waals surface area contributed by atoms with Crippen LogP contribution in [-0.4, -0.2) is 30.8 Å². The molecule has 3 aromatic rings. The van der Waals surface area contributed by atoms with Crippen molar-refractivity contribution in [1.82, 2.24) is 4.98 Å². The Bertz CT molecular complexity index is 906. The first kappa shape index (κ1) is 18.6. The number of fused-ring (bicyclic) bond motifs is 1. The van der Waals surface area contributed by atoms with E-state index in [1.54, 1.807) is 30.3 Å². The van der Waals surface area contributed by atoms with Gasteiger partial charge in [-0.05, 0) is 45.0 Å². The molecule has 0 atom stereocenters. The molecule has 7 nitrogen and oxygen atoms in total. The van der Waals surface area contributed by atoms with Crippen molar-refractivity contribution in [3.05, 3.63) is 42.3 Å². The number of carbonyl (C=O) groups excluding carboxylic acids is 1. The average Bonchev–Trinajstić information content (AvgIpc) is 3.12. The van der Waals surface area contributed by atoms with Gasteiger partial charge in [-0.1, -0.05) is 0 Å². The number of carbonyl (C=O) groups is 1. The lowest BCUT2D eigenvalue weighted by Crippen LogP contribution is -2.11. The van der Waals surface area contributed by atoms with Gasteiger partial charge < -0.3 is 23.4 Å². The van der Waals surface area contributed by atoms with Gasteiger partial charge in [-0.2, -0.15) is 0 Å². The first-order valence-electron chi connectivity index (χ1n) is 8.78. The molecule has 27 heavy (non-hydrogen) atoms. The summed E-state index contributed by atoms with van der Waals surface area (Å²) in [5, 5.41) is 0. The van der Waals surface area contributed by atoms with E-state index < -0.39 is 5.97 Å². The molecule has 142 valence electrons. The van der Waals surface area contributed by atoms with Crippen molar-refractivity contribution in [2.24, 2.45) is 0 Å². The molecule has 0 saturated heterocycles. The third kappa shape index (κ3) is 4.13. The van der Waals surface area contributed by atoms with Gasteiger partial charge in [0.1, 0.15) is 11.3 Å². The zero-order valence-electron chi connectivity index (χ0n) is 15.5. The van der Waals surface area contributed by atoms with Crippen molar-refractivity contribution in [2.75, 3.05) is 19.8 Å². The summed E-state index contributed by atoms with van der Waals surface area (Å²) in [7, 11) is 0. The maximum Gasteiger partial charge on any atom is 0.343 e. The molecule has 0 aliphatic heterocycles. The van der Waals surface area contributed by atoms with Gasteiger partial charge in [0.25, 0.3) is 0 Å². The Morgan fingerprint density at radius 2 is 1.63 bits per heavy atom. The minimum Gasteiger partial charge on any atom is -0.490 e. The molecule has 0 unspecified atom stereocenters. The number of hydrogen-bond acceptors (Lipinski definition) is 7. The minimum absolute atomic E-state index is 0.297. The lowest BCUT2D eigenvalue weighted by molar-refractivity contribution is 0.0733. The molecule has 0 aliphatic rings. The Hall–Kier alpha value is -3.22. The average molecular weight is 371 g/mol. The molecule has 0 aliphatic carbocycles. The molecule has 2 aromatic carbocycles. The highest BCUT2D eigenvalue weighted by Gasteiger charge is 2.19. The Morgan fingerprint density at radius 3 is 2.26 bits per heavy atom. The fraction of sp³-hybridized carbons (Fsp3) is 0.300. The predicted octanol–water partition coefficient (Wildman–Crippen LogP) is 4.24. The Kier molecular flexibility index (Phi) is 5.80. The first-order valence-corrected chi connectivity index (χ1v) is 8.78. The smallest absolute Gasteiger partial charge is 0.343 e. The predicted molar refractivity (Wildman–Crippen MR) is 98.9 cm³/mol. The molecule has 7 heteroatoms. The Labute approximate surface area is 156 Å². The molecule has 0 fully saturated rings. The molecule has 0 spiro atoms. The van der Waals surface area contributed by atoms with E-state index >= 15 is 0 Å². The van der Waals surface area contributed by atoms with Crippen LogP contribution in [0.25, 0.3) is 11.1 Å². The Balaban J connectivity index is 1.92. The highest BCUT2D eigenvalue weighted by Crippen LogP contribution is 2.39. The van der Waals surface area contributed by atoms with Crippen LogP contribution in [0.5, 0.6) is 23.0 Å². The molecule has 0 saturated carbocycles. The number of hydrogen-bond donors (Lipinski definition) is 0. The van der Waals surface area contributed by atoms with Crippen LogP contribution in [-0.2, 0) is 0 Å². The van der Waals surface area contributed by atoms with Crippen LogP contribution < -0.4 is 18.9 Å². The van der Waals surface area contributed by atoms with Crippen molar-refractivity contribution in [2.45, 2.75) is 20.8 Å². The van der Waals surface area contributed by atoms with Crippen LogP contribution in [0.15, 0.2) is 41.1 Å². The second-order valence-corrected chi connectivity index (χ2v) is 5.47. The van der Waals surface area contributed by atoms with Gasteiger partial charge in [-0.25, -0.2) is 9.78 Å². The van der Waals surface area contributed by atoms with Crippen LogP contribution in [0, 0.1) is 0 Å². The highest BCUT2D eigenvalue weighted by atomic mass is 16.5. The number of rotatable bonds is 8. The molecular weight excluding hydrogens is 350 g/mol. The fourth-order valence-electron chi connectivity index (χ4n) is 2.57. The topological polar surface area (TPSA) is 80.0 Å². The first-order chi connectivity index (χ1) is 13.2. The van der Waals surface area contributed by atoms with Gasteiger partial charge in [0.15, 0.2) is 23.5 Å². The van der Waals surface area contributed by atoms with Crippen molar-refractivity contribution >= 4 is 17.1 Å².